The van der Waals surface area contributed by atoms with Crippen molar-refractivity contribution in [1.82, 2.24) is 20.5 Å². The Hall–Kier alpha value is -1.37. The average molecular weight is 410 g/mol. The van der Waals surface area contributed by atoms with E-state index in [1.54, 1.807) is 0 Å². The van der Waals surface area contributed by atoms with Crippen LogP contribution >= 0.6 is 12.4 Å². The van der Waals surface area contributed by atoms with Crippen molar-refractivity contribution in [2.45, 2.75) is 58.2 Å². The van der Waals surface area contributed by atoms with Crippen LogP contribution in [0.3, 0.4) is 0 Å². The Balaban J connectivity index is 0.00000280. The third kappa shape index (κ3) is 6.33. The van der Waals surface area contributed by atoms with Crippen LogP contribution in [0.5, 0.6) is 0 Å². The van der Waals surface area contributed by atoms with Crippen LogP contribution < -0.4 is 15.5 Å². The van der Waals surface area contributed by atoms with Crippen LogP contribution in [0, 0.1) is 5.92 Å². The normalized spacial score (nSPS) is 22.7. The number of amides is 1. The first-order valence-corrected chi connectivity index (χ1v) is 10.4. The van der Waals surface area contributed by atoms with Crippen LogP contribution in [0.25, 0.3) is 0 Å². The maximum Gasteiger partial charge on any atom is 0.237 e. The number of rotatable bonds is 7. The predicted octanol–water partition coefficient (Wildman–Crippen LogP) is 2.43. The van der Waals surface area contributed by atoms with Crippen LogP contribution in [0.1, 0.15) is 45.1 Å². The molecule has 2 N–H and O–H groups in total. The Labute approximate surface area is 175 Å². The number of aromatic nitrogens is 1. The number of likely N-dealkylation sites (tertiary alicyclic amines) is 1. The zero-order valence-corrected chi connectivity index (χ0v) is 18.3. The number of halogens is 1. The zero-order chi connectivity index (χ0) is 19.2. The van der Waals surface area contributed by atoms with Gasteiger partial charge in [0.1, 0.15) is 5.82 Å². The zero-order valence-electron chi connectivity index (χ0n) is 17.5. The highest BCUT2D eigenvalue weighted by atomic mass is 35.5. The first kappa shape index (κ1) is 22.9. The number of piperidine rings is 1. The van der Waals surface area contributed by atoms with Gasteiger partial charge in [-0.05, 0) is 70.2 Å². The van der Waals surface area contributed by atoms with Crippen LogP contribution in [0.15, 0.2) is 18.3 Å². The molecule has 3 heterocycles. The smallest absolute Gasteiger partial charge is 0.237 e. The lowest BCUT2D eigenvalue weighted by Gasteiger charge is -2.33. The van der Waals surface area contributed by atoms with Crippen molar-refractivity contribution in [1.29, 1.82) is 0 Å². The van der Waals surface area contributed by atoms with Gasteiger partial charge in [-0.25, -0.2) is 4.98 Å². The third-order valence-corrected chi connectivity index (χ3v) is 5.90. The maximum absolute atomic E-state index is 12.2. The van der Waals surface area contributed by atoms with E-state index in [-0.39, 0.29) is 24.4 Å². The second kappa shape index (κ2) is 11.0. The van der Waals surface area contributed by atoms with Crippen molar-refractivity contribution < 1.29 is 4.79 Å². The summed E-state index contributed by atoms with van der Waals surface area (Å²) in [6.45, 7) is 9.22. The van der Waals surface area contributed by atoms with Gasteiger partial charge in [-0.2, -0.15) is 0 Å². The summed E-state index contributed by atoms with van der Waals surface area (Å²) >= 11 is 0. The van der Waals surface area contributed by atoms with Crippen molar-refractivity contribution in [3.05, 3.63) is 23.9 Å². The quantitative estimate of drug-likeness (QED) is 0.724. The molecule has 0 aromatic carbocycles. The molecule has 28 heavy (non-hydrogen) atoms. The number of nitrogens with one attached hydrogen (secondary N) is 2. The van der Waals surface area contributed by atoms with E-state index in [0.29, 0.717) is 12.0 Å². The molecule has 2 aliphatic heterocycles. The third-order valence-electron chi connectivity index (χ3n) is 5.90. The molecule has 1 aromatic rings. The van der Waals surface area contributed by atoms with Crippen LogP contribution in [0.2, 0.25) is 0 Å². The Morgan fingerprint density at radius 3 is 2.82 bits per heavy atom. The highest BCUT2D eigenvalue weighted by Gasteiger charge is 2.24. The molecule has 6 nitrogen and oxygen atoms in total. The minimum Gasteiger partial charge on any atom is -0.357 e. The molecule has 158 valence electrons. The first-order chi connectivity index (χ1) is 13.0. The standard InChI is InChI=1S/C21H35N5O.ClH/c1-16(2)25(3)20-9-8-18(12-23-20)15-26-11-5-6-17(14-26)13-24-21(27)19-7-4-10-22-19;/h8-9,12,16-17,19,22H,4-7,10-11,13-15H2,1-3H3,(H,24,27);1H. The summed E-state index contributed by atoms with van der Waals surface area (Å²) in [6, 6.07) is 4.78. The fourth-order valence-corrected chi connectivity index (χ4v) is 3.98. The minimum atomic E-state index is 0. The fourth-order valence-electron chi connectivity index (χ4n) is 3.98. The first-order valence-electron chi connectivity index (χ1n) is 10.4. The molecule has 1 amide bonds. The van der Waals surface area contributed by atoms with Crippen molar-refractivity contribution in [3.8, 4) is 0 Å². The topological polar surface area (TPSA) is 60.5 Å². The van der Waals surface area contributed by atoms with E-state index < -0.39 is 0 Å². The molecule has 0 saturated carbocycles. The van der Waals surface area contributed by atoms with Gasteiger partial charge in [-0.1, -0.05) is 6.07 Å². The van der Waals surface area contributed by atoms with E-state index in [1.165, 1.54) is 18.4 Å². The summed E-state index contributed by atoms with van der Waals surface area (Å²) in [5.41, 5.74) is 1.26. The van der Waals surface area contributed by atoms with Crippen molar-refractivity contribution in [2.24, 2.45) is 5.92 Å². The fraction of sp³-hybridized carbons (Fsp3) is 0.714. The molecule has 0 spiro atoms. The van der Waals surface area contributed by atoms with Crippen LogP contribution in [-0.2, 0) is 11.3 Å². The molecule has 2 aliphatic rings. The molecule has 0 radical (unpaired) electrons. The van der Waals surface area contributed by atoms with Crippen molar-refractivity contribution in [2.75, 3.05) is 38.1 Å². The second-order valence-electron chi connectivity index (χ2n) is 8.37. The van der Waals surface area contributed by atoms with Gasteiger partial charge in [0.15, 0.2) is 0 Å². The van der Waals surface area contributed by atoms with E-state index in [0.717, 1.165) is 51.4 Å². The molecular weight excluding hydrogens is 374 g/mol. The summed E-state index contributed by atoms with van der Waals surface area (Å²) in [5, 5.41) is 6.44. The largest absolute Gasteiger partial charge is 0.357 e. The molecule has 1 aromatic heterocycles. The lowest BCUT2D eigenvalue weighted by molar-refractivity contribution is -0.123. The van der Waals surface area contributed by atoms with Gasteiger partial charge in [0.2, 0.25) is 5.91 Å². The molecule has 3 rings (SSSR count). The highest BCUT2D eigenvalue weighted by molar-refractivity contribution is 5.85. The number of nitrogens with zero attached hydrogens (tertiary/aromatic N) is 3. The van der Waals surface area contributed by atoms with Crippen molar-refractivity contribution >= 4 is 24.1 Å². The number of carbonyl (C=O) groups is 1. The Kier molecular flexibility index (Phi) is 8.99. The molecule has 2 atom stereocenters. The summed E-state index contributed by atoms with van der Waals surface area (Å²) in [4.78, 5) is 21.5. The lowest BCUT2D eigenvalue weighted by atomic mass is 9.97. The van der Waals surface area contributed by atoms with Crippen molar-refractivity contribution in [3.63, 3.8) is 0 Å². The van der Waals surface area contributed by atoms with Crippen LogP contribution in [0.4, 0.5) is 5.82 Å². The van der Waals surface area contributed by atoms with Gasteiger partial charge in [0.25, 0.3) is 0 Å². The molecule has 7 heteroatoms. The average Bonchev–Trinajstić information content (AvgIpc) is 3.21. The number of hydrogen-bond donors (Lipinski definition) is 2. The molecule has 2 fully saturated rings. The second-order valence-corrected chi connectivity index (χ2v) is 8.37. The Morgan fingerprint density at radius 1 is 1.36 bits per heavy atom. The Bertz CT molecular complexity index is 603. The van der Waals surface area contributed by atoms with E-state index in [9.17, 15) is 4.79 Å². The lowest BCUT2D eigenvalue weighted by Crippen LogP contribution is -2.45. The summed E-state index contributed by atoms with van der Waals surface area (Å²) < 4.78 is 0. The highest BCUT2D eigenvalue weighted by Crippen LogP contribution is 2.19. The summed E-state index contributed by atoms with van der Waals surface area (Å²) in [6.07, 6.45) is 6.48. The summed E-state index contributed by atoms with van der Waals surface area (Å²) in [7, 11) is 2.08. The van der Waals surface area contributed by atoms with E-state index in [2.05, 4.69) is 58.4 Å². The molecule has 0 bridgehead atoms. The number of carbonyl (C=O) groups excluding carboxylic acids is 1. The maximum atomic E-state index is 12.2. The number of hydrogen-bond acceptors (Lipinski definition) is 5. The molecule has 2 unspecified atom stereocenters. The van der Waals surface area contributed by atoms with Gasteiger partial charge >= 0.3 is 0 Å². The number of pyridine rings is 1. The van der Waals surface area contributed by atoms with E-state index in [1.807, 2.05) is 6.20 Å². The molecular formula is C21H36ClN5O. The predicted molar refractivity (Wildman–Crippen MR) is 117 cm³/mol. The summed E-state index contributed by atoms with van der Waals surface area (Å²) in [5.74, 6) is 1.75. The van der Waals surface area contributed by atoms with Gasteiger partial charge in [0, 0.05) is 38.9 Å². The number of anilines is 1. The van der Waals surface area contributed by atoms with Gasteiger partial charge < -0.3 is 15.5 Å². The van der Waals surface area contributed by atoms with E-state index in [4.69, 9.17) is 0 Å². The van der Waals surface area contributed by atoms with Gasteiger partial charge in [0.05, 0.1) is 6.04 Å². The molecule has 2 saturated heterocycles. The van der Waals surface area contributed by atoms with Gasteiger partial charge in [-0.3, -0.25) is 9.69 Å². The Morgan fingerprint density at radius 2 is 2.18 bits per heavy atom. The minimum absolute atomic E-state index is 0. The monoisotopic (exact) mass is 409 g/mol. The SMILES string of the molecule is CC(C)N(C)c1ccc(CN2CCCC(CNC(=O)C3CCCN3)C2)cn1.Cl. The van der Waals surface area contributed by atoms with Gasteiger partial charge in [-0.15, -0.1) is 12.4 Å². The van der Waals surface area contributed by atoms with E-state index >= 15 is 0 Å². The molecule has 0 aliphatic carbocycles. The van der Waals surface area contributed by atoms with Crippen LogP contribution in [-0.4, -0.2) is 61.1 Å².